The van der Waals surface area contributed by atoms with Crippen molar-refractivity contribution in [1.29, 1.82) is 0 Å². The summed E-state index contributed by atoms with van der Waals surface area (Å²) in [6.45, 7) is 3.64. The molecule has 6 heteroatoms. The largest absolute Gasteiger partial charge is 0.360 e. The van der Waals surface area contributed by atoms with Crippen LogP contribution in [0.4, 0.5) is 0 Å². The predicted octanol–water partition coefficient (Wildman–Crippen LogP) is 2.69. The van der Waals surface area contributed by atoms with Gasteiger partial charge in [-0.1, -0.05) is 11.2 Å². The summed E-state index contributed by atoms with van der Waals surface area (Å²) in [6.07, 6.45) is 8.23. The summed E-state index contributed by atoms with van der Waals surface area (Å²) in [6, 6.07) is 6.33. The fourth-order valence-corrected chi connectivity index (χ4v) is 4.97. The van der Waals surface area contributed by atoms with Gasteiger partial charge in [0.1, 0.15) is 5.76 Å². The lowest BCUT2D eigenvalue weighted by atomic mass is 9.93. The highest BCUT2D eigenvalue weighted by atomic mass is 16.5. The summed E-state index contributed by atoms with van der Waals surface area (Å²) in [5.41, 5.74) is 2.74. The van der Waals surface area contributed by atoms with Gasteiger partial charge in [0.05, 0.1) is 5.69 Å². The Morgan fingerprint density at radius 1 is 1.15 bits per heavy atom. The molecule has 0 spiro atoms. The third-order valence-corrected chi connectivity index (χ3v) is 6.31. The third kappa shape index (κ3) is 3.27. The molecule has 2 aromatic rings. The SMILES string of the molecule is O=C(c1noc2c1CCCC2)N1CC2CCC1CN(Cc1ccccn1)C2. The van der Waals surface area contributed by atoms with E-state index in [0.29, 0.717) is 11.6 Å². The molecule has 2 unspecified atom stereocenters. The molecule has 3 fully saturated rings. The molecule has 3 saturated heterocycles. The van der Waals surface area contributed by atoms with Crippen LogP contribution < -0.4 is 0 Å². The number of carbonyl (C=O) groups is 1. The Bertz CT molecular complexity index is 819. The topological polar surface area (TPSA) is 62.5 Å². The number of hydrogen-bond acceptors (Lipinski definition) is 5. The van der Waals surface area contributed by atoms with Crippen LogP contribution in [-0.4, -0.2) is 51.5 Å². The average Bonchev–Trinajstić information content (AvgIpc) is 2.94. The Morgan fingerprint density at radius 3 is 2.96 bits per heavy atom. The van der Waals surface area contributed by atoms with E-state index in [4.69, 9.17) is 4.52 Å². The zero-order chi connectivity index (χ0) is 18.2. The molecule has 1 amide bonds. The second kappa shape index (κ2) is 7.08. The summed E-state index contributed by atoms with van der Waals surface area (Å²) < 4.78 is 5.49. The molecule has 142 valence electrons. The number of aromatic nitrogens is 2. The van der Waals surface area contributed by atoms with E-state index >= 15 is 0 Å². The Balaban J connectivity index is 1.34. The van der Waals surface area contributed by atoms with Crippen molar-refractivity contribution in [2.45, 2.75) is 51.1 Å². The maximum absolute atomic E-state index is 13.3. The summed E-state index contributed by atoms with van der Waals surface area (Å²) >= 11 is 0. The van der Waals surface area contributed by atoms with Gasteiger partial charge in [-0.25, -0.2) is 0 Å². The first kappa shape index (κ1) is 16.9. The van der Waals surface area contributed by atoms with Crippen LogP contribution in [0, 0.1) is 5.92 Å². The molecule has 0 aromatic carbocycles. The van der Waals surface area contributed by atoms with E-state index in [2.05, 4.69) is 26.0 Å². The molecule has 0 radical (unpaired) electrons. The monoisotopic (exact) mass is 366 g/mol. The lowest BCUT2D eigenvalue weighted by molar-refractivity contribution is 0.0573. The maximum Gasteiger partial charge on any atom is 0.276 e. The van der Waals surface area contributed by atoms with Crippen LogP contribution in [0.5, 0.6) is 0 Å². The minimum absolute atomic E-state index is 0.0799. The number of pyridine rings is 1. The van der Waals surface area contributed by atoms with E-state index in [1.54, 1.807) is 0 Å². The van der Waals surface area contributed by atoms with Gasteiger partial charge >= 0.3 is 0 Å². The van der Waals surface area contributed by atoms with Gasteiger partial charge in [0.25, 0.3) is 5.91 Å². The van der Waals surface area contributed by atoms with E-state index in [1.807, 2.05) is 18.3 Å². The molecule has 3 aliphatic heterocycles. The van der Waals surface area contributed by atoms with Crippen molar-refractivity contribution in [1.82, 2.24) is 19.9 Å². The van der Waals surface area contributed by atoms with Crippen molar-refractivity contribution in [3.05, 3.63) is 47.1 Å². The van der Waals surface area contributed by atoms with Crippen LogP contribution in [0.3, 0.4) is 0 Å². The first-order chi connectivity index (χ1) is 13.3. The van der Waals surface area contributed by atoms with Gasteiger partial charge in [-0.15, -0.1) is 0 Å². The maximum atomic E-state index is 13.3. The molecule has 4 aliphatic rings. The number of nitrogens with zero attached hydrogens (tertiary/aromatic N) is 4. The summed E-state index contributed by atoms with van der Waals surface area (Å²) in [7, 11) is 0. The van der Waals surface area contributed by atoms with Crippen molar-refractivity contribution in [2.24, 2.45) is 5.92 Å². The average molecular weight is 366 g/mol. The first-order valence-corrected chi connectivity index (χ1v) is 10.2. The van der Waals surface area contributed by atoms with Crippen LogP contribution in [0.1, 0.15) is 53.2 Å². The molecule has 0 saturated carbocycles. The van der Waals surface area contributed by atoms with E-state index in [1.165, 1.54) is 6.42 Å². The standard InChI is InChI=1S/C21H26N4O2/c26-21(20-18-6-1-2-7-19(18)27-23-20)25-12-15-8-9-17(25)14-24(11-15)13-16-5-3-4-10-22-16/h3-5,10,15,17H,1-2,6-9,11-14H2. The normalized spacial score (nSPS) is 25.3. The number of aryl methyl sites for hydroxylation is 1. The van der Waals surface area contributed by atoms with Gasteiger partial charge in [-0.2, -0.15) is 0 Å². The highest BCUT2D eigenvalue weighted by molar-refractivity contribution is 5.94. The number of piperidine rings is 1. The van der Waals surface area contributed by atoms with Crippen molar-refractivity contribution in [3.8, 4) is 0 Å². The molecule has 1 aliphatic carbocycles. The Hall–Kier alpha value is -2.21. The highest BCUT2D eigenvalue weighted by Gasteiger charge is 2.39. The van der Waals surface area contributed by atoms with E-state index in [0.717, 1.165) is 75.3 Å². The highest BCUT2D eigenvalue weighted by Crippen LogP contribution is 2.32. The Kier molecular flexibility index (Phi) is 4.44. The molecule has 5 heterocycles. The summed E-state index contributed by atoms with van der Waals surface area (Å²) in [5, 5.41) is 4.18. The van der Waals surface area contributed by atoms with Crippen molar-refractivity contribution >= 4 is 5.91 Å². The number of carbonyl (C=O) groups excluding carboxylic acids is 1. The van der Waals surface area contributed by atoms with Crippen LogP contribution in [0.2, 0.25) is 0 Å². The Morgan fingerprint density at radius 2 is 2.07 bits per heavy atom. The lowest BCUT2D eigenvalue weighted by Gasteiger charge is -2.36. The molecule has 2 atom stereocenters. The molecule has 27 heavy (non-hydrogen) atoms. The van der Waals surface area contributed by atoms with Crippen molar-refractivity contribution in [3.63, 3.8) is 0 Å². The fourth-order valence-electron chi connectivity index (χ4n) is 4.97. The molecule has 6 nitrogen and oxygen atoms in total. The quantitative estimate of drug-likeness (QED) is 0.836. The molecular weight excluding hydrogens is 340 g/mol. The van der Waals surface area contributed by atoms with E-state index in [9.17, 15) is 4.79 Å². The first-order valence-electron chi connectivity index (χ1n) is 10.2. The zero-order valence-corrected chi connectivity index (χ0v) is 15.6. The van der Waals surface area contributed by atoms with Crippen LogP contribution in [0.25, 0.3) is 0 Å². The third-order valence-electron chi connectivity index (χ3n) is 6.31. The van der Waals surface area contributed by atoms with Crippen molar-refractivity contribution < 1.29 is 9.32 Å². The fraction of sp³-hybridized carbons (Fsp3) is 0.571. The van der Waals surface area contributed by atoms with Gasteiger partial charge in [0, 0.05) is 50.4 Å². The second-order valence-electron chi connectivity index (χ2n) is 8.21. The number of hydrogen-bond donors (Lipinski definition) is 0. The van der Waals surface area contributed by atoms with E-state index in [-0.39, 0.29) is 11.9 Å². The second-order valence-corrected chi connectivity index (χ2v) is 8.21. The van der Waals surface area contributed by atoms with Gasteiger partial charge < -0.3 is 9.42 Å². The van der Waals surface area contributed by atoms with Gasteiger partial charge in [0.15, 0.2) is 5.69 Å². The van der Waals surface area contributed by atoms with Gasteiger partial charge in [0.2, 0.25) is 0 Å². The summed E-state index contributed by atoms with van der Waals surface area (Å²) in [5.74, 6) is 1.54. The predicted molar refractivity (Wildman–Crippen MR) is 100 cm³/mol. The minimum atomic E-state index is 0.0799. The van der Waals surface area contributed by atoms with Crippen LogP contribution in [0.15, 0.2) is 28.9 Å². The minimum Gasteiger partial charge on any atom is -0.360 e. The van der Waals surface area contributed by atoms with Gasteiger partial charge in [-0.3, -0.25) is 14.7 Å². The number of amides is 1. The smallest absolute Gasteiger partial charge is 0.276 e. The summed E-state index contributed by atoms with van der Waals surface area (Å²) in [4.78, 5) is 22.3. The Labute approximate surface area is 159 Å². The van der Waals surface area contributed by atoms with Gasteiger partial charge in [-0.05, 0) is 50.2 Å². The lowest BCUT2D eigenvalue weighted by Crippen LogP contribution is -2.47. The number of fused-ring (bicyclic) bond motifs is 5. The van der Waals surface area contributed by atoms with Crippen LogP contribution in [-0.2, 0) is 19.4 Å². The molecule has 6 rings (SSSR count). The zero-order valence-electron chi connectivity index (χ0n) is 15.6. The molecule has 0 N–H and O–H groups in total. The van der Waals surface area contributed by atoms with Crippen molar-refractivity contribution in [2.75, 3.05) is 19.6 Å². The van der Waals surface area contributed by atoms with Crippen LogP contribution >= 0.6 is 0 Å². The molecular formula is C21H26N4O2. The molecule has 2 bridgehead atoms. The van der Waals surface area contributed by atoms with E-state index < -0.39 is 0 Å². The number of rotatable bonds is 3. The molecule has 2 aromatic heterocycles.